The molecule has 17 heavy (non-hydrogen) atoms. The Labute approximate surface area is 100 Å². The van der Waals surface area contributed by atoms with Gasteiger partial charge in [0.2, 0.25) is 0 Å². The summed E-state index contributed by atoms with van der Waals surface area (Å²) in [5, 5.41) is 8.94. The number of carboxylic acids is 1. The Morgan fingerprint density at radius 2 is 2.24 bits per heavy atom. The van der Waals surface area contributed by atoms with E-state index in [-0.39, 0.29) is 5.56 Å². The quantitative estimate of drug-likeness (QED) is 0.859. The summed E-state index contributed by atoms with van der Waals surface area (Å²) in [5.41, 5.74) is 0.272. The average Bonchev–Trinajstić information content (AvgIpc) is 2.39. The van der Waals surface area contributed by atoms with Gasteiger partial charge < -0.3 is 14.7 Å². The van der Waals surface area contributed by atoms with Gasteiger partial charge in [0.05, 0.1) is 5.56 Å². The first-order valence-corrected chi connectivity index (χ1v) is 5.68. The number of aromatic carboxylic acids is 1. The van der Waals surface area contributed by atoms with E-state index in [1.807, 2.05) is 11.9 Å². The van der Waals surface area contributed by atoms with Crippen LogP contribution in [0.15, 0.2) is 18.3 Å². The van der Waals surface area contributed by atoms with Crippen LogP contribution in [-0.2, 0) is 4.74 Å². The summed E-state index contributed by atoms with van der Waals surface area (Å²) in [5.74, 6) is -0.217. The SMILES string of the molecule is CN(c1cc(C(=O)O)ccn1)C1CCOCC1. The Morgan fingerprint density at radius 1 is 1.53 bits per heavy atom. The van der Waals surface area contributed by atoms with Crippen molar-refractivity contribution >= 4 is 11.8 Å². The van der Waals surface area contributed by atoms with Crippen LogP contribution in [0.5, 0.6) is 0 Å². The lowest BCUT2D eigenvalue weighted by atomic mass is 10.1. The van der Waals surface area contributed by atoms with E-state index in [1.54, 1.807) is 6.07 Å². The van der Waals surface area contributed by atoms with E-state index in [1.165, 1.54) is 12.3 Å². The molecule has 2 rings (SSSR count). The Kier molecular flexibility index (Phi) is 3.58. The normalized spacial score (nSPS) is 16.8. The average molecular weight is 236 g/mol. The van der Waals surface area contributed by atoms with E-state index in [2.05, 4.69) is 4.98 Å². The highest BCUT2D eigenvalue weighted by atomic mass is 16.5. The van der Waals surface area contributed by atoms with Gasteiger partial charge >= 0.3 is 5.97 Å². The second-order valence-electron chi connectivity index (χ2n) is 4.16. The first-order chi connectivity index (χ1) is 8.18. The molecule has 5 nitrogen and oxygen atoms in total. The van der Waals surface area contributed by atoms with Crippen molar-refractivity contribution in [3.05, 3.63) is 23.9 Å². The van der Waals surface area contributed by atoms with Crippen molar-refractivity contribution < 1.29 is 14.6 Å². The maximum atomic E-state index is 10.9. The molecule has 0 unspecified atom stereocenters. The monoisotopic (exact) mass is 236 g/mol. The summed E-state index contributed by atoms with van der Waals surface area (Å²) >= 11 is 0. The lowest BCUT2D eigenvalue weighted by molar-refractivity contribution is 0.0696. The number of nitrogens with zero attached hydrogens (tertiary/aromatic N) is 2. The molecule has 92 valence electrons. The lowest BCUT2D eigenvalue weighted by Gasteiger charge is -2.32. The summed E-state index contributed by atoms with van der Waals surface area (Å²) in [7, 11) is 1.95. The molecule has 0 bridgehead atoms. The van der Waals surface area contributed by atoms with Crippen molar-refractivity contribution in [3.8, 4) is 0 Å². The summed E-state index contributed by atoms with van der Waals surface area (Å²) in [4.78, 5) is 17.1. The summed E-state index contributed by atoms with van der Waals surface area (Å²) in [6.45, 7) is 1.52. The zero-order chi connectivity index (χ0) is 12.3. The van der Waals surface area contributed by atoms with Gasteiger partial charge in [-0.2, -0.15) is 0 Å². The molecule has 0 amide bonds. The predicted octanol–water partition coefficient (Wildman–Crippen LogP) is 1.40. The van der Waals surface area contributed by atoms with Gasteiger partial charge in [-0.25, -0.2) is 9.78 Å². The molecule has 1 aliphatic heterocycles. The molecule has 0 aromatic carbocycles. The van der Waals surface area contributed by atoms with Gasteiger partial charge in [-0.15, -0.1) is 0 Å². The highest BCUT2D eigenvalue weighted by molar-refractivity contribution is 5.88. The molecular formula is C12H16N2O3. The fourth-order valence-corrected chi connectivity index (χ4v) is 2.00. The summed E-state index contributed by atoms with van der Waals surface area (Å²) < 4.78 is 5.31. The molecular weight excluding hydrogens is 220 g/mol. The van der Waals surface area contributed by atoms with Crippen molar-refractivity contribution in [1.29, 1.82) is 0 Å². The molecule has 1 aromatic heterocycles. The fraction of sp³-hybridized carbons (Fsp3) is 0.500. The van der Waals surface area contributed by atoms with E-state index in [9.17, 15) is 4.79 Å². The minimum absolute atomic E-state index is 0.272. The zero-order valence-corrected chi connectivity index (χ0v) is 9.80. The molecule has 5 heteroatoms. The van der Waals surface area contributed by atoms with Crippen molar-refractivity contribution in [2.75, 3.05) is 25.2 Å². The first kappa shape index (κ1) is 11.9. The lowest BCUT2D eigenvalue weighted by Crippen LogP contribution is -2.37. The second-order valence-corrected chi connectivity index (χ2v) is 4.16. The number of carboxylic acid groups (broad SMARTS) is 1. The van der Waals surface area contributed by atoms with Gasteiger partial charge in [0.1, 0.15) is 5.82 Å². The minimum atomic E-state index is -0.922. The topological polar surface area (TPSA) is 62.7 Å². The number of anilines is 1. The van der Waals surface area contributed by atoms with Gasteiger partial charge in [-0.3, -0.25) is 0 Å². The van der Waals surface area contributed by atoms with Crippen LogP contribution in [0.4, 0.5) is 5.82 Å². The number of hydrogen-bond donors (Lipinski definition) is 1. The molecule has 0 atom stereocenters. The molecule has 0 radical (unpaired) electrons. The number of aromatic nitrogens is 1. The van der Waals surface area contributed by atoms with Gasteiger partial charge in [0, 0.05) is 32.5 Å². The van der Waals surface area contributed by atoms with E-state index in [4.69, 9.17) is 9.84 Å². The molecule has 0 saturated carbocycles. The largest absolute Gasteiger partial charge is 0.478 e. The number of rotatable bonds is 3. The third-order valence-electron chi connectivity index (χ3n) is 3.09. The Morgan fingerprint density at radius 3 is 2.88 bits per heavy atom. The van der Waals surface area contributed by atoms with Crippen LogP contribution >= 0.6 is 0 Å². The predicted molar refractivity (Wildman–Crippen MR) is 63.4 cm³/mol. The highest BCUT2D eigenvalue weighted by Gasteiger charge is 2.20. The summed E-state index contributed by atoms with van der Waals surface area (Å²) in [6.07, 6.45) is 3.44. The van der Waals surface area contributed by atoms with Crippen LogP contribution in [0.25, 0.3) is 0 Å². The van der Waals surface area contributed by atoms with Crippen molar-refractivity contribution in [3.63, 3.8) is 0 Å². The Hall–Kier alpha value is -1.62. The maximum absolute atomic E-state index is 10.9. The molecule has 0 aliphatic carbocycles. The number of ether oxygens (including phenoxy) is 1. The van der Waals surface area contributed by atoms with Crippen molar-refractivity contribution in [1.82, 2.24) is 4.98 Å². The number of pyridine rings is 1. The van der Waals surface area contributed by atoms with E-state index in [0.717, 1.165) is 26.1 Å². The van der Waals surface area contributed by atoms with E-state index < -0.39 is 5.97 Å². The summed E-state index contributed by atoms with van der Waals surface area (Å²) in [6, 6.07) is 3.49. The van der Waals surface area contributed by atoms with Gasteiger partial charge in [-0.1, -0.05) is 0 Å². The molecule has 0 spiro atoms. The highest BCUT2D eigenvalue weighted by Crippen LogP contribution is 2.19. The van der Waals surface area contributed by atoms with Gasteiger partial charge in [-0.05, 0) is 25.0 Å². The smallest absolute Gasteiger partial charge is 0.335 e. The van der Waals surface area contributed by atoms with Crippen LogP contribution in [0.3, 0.4) is 0 Å². The van der Waals surface area contributed by atoms with Crippen LogP contribution in [0.2, 0.25) is 0 Å². The standard InChI is InChI=1S/C12H16N2O3/c1-14(10-3-6-17-7-4-10)11-8-9(12(15)16)2-5-13-11/h2,5,8,10H,3-4,6-7H2,1H3,(H,15,16). The molecule has 1 saturated heterocycles. The van der Waals surface area contributed by atoms with E-state index >= 15 is 0 Å². The third-order valence-corrected chi connectivity index (χ3v) is 3.09. The van der Waals surface area contributed by atoms with Gasteiger partial charge in [0.25, 0.3) is 0 Å². The van der Waals surface area contributed by atoms with Crippen LogP contribution in [0, 0.1) is 0 Å². The van der Waals surface area contributed by atoms with Crippen LogP contribution in [0.1, 0.15) is 23.2 Å². The number of hydrogen-bond acceptors (Lipinski definition) is 4. The molecule has 1 fully saturated rings. The first-order valence-electron chi connectivity index (χ1n) is 5.68. The molecule has 1 aromatic rings. The third kappa shape index (κ3) is 2.74. The maximum Gasteiger partial charge on any atom is 0.335 e. The van der Waals surface area contributed by atoms with Crippen LogP contribution in [-0.4, -0.2) is 42.4 Å². The Bertz CT molecular complexity index is 402. The van der Waals surface area contributed by atoms with E-state index in [0.29, 0.717) is 11.9 Å². The zero-order valence-electron chi connectivity index (χ0n) is 9.80. The number of carbonyl (C=O) groups is 1. The Balaban J connectivity index is 2.14. The molecule has 1 aliphatic rings. The second kappa shape index (κ2) is 5.14. The fourth-order valence-electron chi connectivity index (χ4n) is 2.00. The molecule has 1 N–H and O–H groups in total. The van der Waals surface area contributed by atoms with Crippen molar-refractivity contribution in [2.45, 2.75) is 18.9 Å². The minimum Gasteiger partial charge on any atom is -0.478 e. The molecule has 2 heterocycles. The van der Waals surface area contributed by atoms with Gasteiger partial charge in [0.15, 0.2) is 0 Å². The van der Waals surface area contributed by atoms with Crippen LogP contribution < -0.4 is 4.90 Å². The van der Waals surface area contributed by atoms with Crippen molar-refractivity contribution in [2.24, 2.45) is 0 Å².